The van der Waals surface area contributed by atoms with Crippen LogP contribution in [0.4, 0.5) is 0 Å². The van der Waals surface area contributed by atoms with Crippen molar-refractivity contribution in [1.29, 1.82) is 0 Å². The molecular formula is C16H40Cl4MnN2O4+2. The maximum atomic E-state index is 10.4. The second kappa shape index (κ2) is 12.7. The average Bonchev–Trinajstić information content (AvgIpc) is 2.67. The van der Waals surface area contributed by atoms with Gasteiger partial charge in [-0.2, -0.15) is 0 Å². The Morgan fingerprint density at radius 3 is 0.704 bits per heavy atom. The Bertz CT molecular complexity index is 476. The van der Waals surface area contributed by atoms with Crippen molar-refractivity contribution in [1.82, 2.24) is 0 Å². The third-order valence-electron chi connectivity index (χ3n) is 5.60. The van der Waals surface area contributed by atoms with Crippen LogP contribution in [-0.4, -0.2) is 61.3 Å². The Morgan fingerprint density at radius 1 is 0.556 bits per heavy atom. The monoisotopic (exact) mass is 519 g/mol. The van der Waals surface area contributed by atoms with Gasteiger partial charge in [0, 0.05) is 0 Å². The summed E-state index contributed by atoms with van der Waals surface area (Å²) in [4.78, 5) is 0. The molecule has 0 aliphatic carbocycles. The Balaban J connectivity index is -0.000000320. The van der Waals surface area contributed by atoms with E-state index in [-0.39, 0.29) is 0 Å². The second-order valence-corrected chi connectivity index (χ2v) is 16.0. The van der Waals surface area contributed by atoms with Crippen molar-refractivity contribution in [3.8, 4) is 0 Å². The molecule has 0 spiro atoms. The molecule has 0 amide bonds. The van der Waals surface area contributed by atoms with E-state index in [1.165, 1.54) is 61.3 Å². The average molecular weight is 521 g/mol. The van der Waals surface area contributed by atoms with Crippen molar-refractivity contribution in [2.45, 2.75) is 55.4 Å². The van der Waals surface area contributed by atoms with Gasteiger partial charge < -0.3 is 8.97 Å². The van der Waals surface area contributed by atoms with Crippen molar-refractivity contribution in [2.24, 2.45) is 0 Å². The van der Waals surface area contributed by atoms with Crippen molar-refractivity contribution < 1.29 is 32.8 Å². The minimum atomic E-state index is -6.97. The van der Waals surface area contributed by atoms with Crippen LogP contribution in [0.5, 0.6) is 0 Å². The van der Waals surface area contributed by atoms with E-state index in [0.717, 1.165) is 0 Å². The van der Waals surface area contributed by atoms with Gasteiger partial charge in [0.2, 0.25) is 0 Å². The minimum absolute atomic E-state index is 1.28. The van der Waals surface area contributed by atoms with E-state index >= 15 is 0 Å². The van der Waals surface area contributed by atoms with Crippen molar-refractivity contribution in [3.63, 3.8) is 0 Å². The molecule has 11 heteroatoms. The summed E-state index contributed by atoms with van der Waals surface area (Å²) in [6.45, 7) is 28.4. The molecule has 0 aromatic rings. The van der Waals surface area contributed by atoms with Gasteiger partial charge >= 0.3 is 67.8 Å². The first kappa shape index (κ1) is 32.8. The van der Waals surface area contributed by atoms with E-state index in [2.05, 4.69) is 106 Å². The molecule has 0 rings (SSSR count). The van der Waals surface area contributed by atoms with E-state index in [9.17, 15) is 7.67 Å². The van der Waals surface area contributed by atoms with Crippen molar-refractivity contribution in [3.05, 3.63) is 0 Å². The molecule has 0 radical (unpaired) electrons. The zero-order chi connectivity index (χ0) is 22.5. The van der Waals surface area contributed by atoms with Gasteiger partial charge in [-0.25, -0.2) is 0 Å². The number of quaternary nitrogens is 2. The molecule has 0 aromatic heterocycles. The van der Waals surface area contributed by atoms with Crippen LogP contribution >= 0.6 is 43.9 Å². The first-order valence-corrected chi connectivity index (χ1v) is 15.2. The molecule has 0 fully saturated rings. The van der Waals surface area contributed by atoms with E-state index in [0.29, 0.717) is 0 Å². The van der Waals surface area contributed by atoms with Crippen LogP contribution in [0.15, 0.2) is 0 Å². The number of nitrogens with zero attached hydrogens (tertiary/aromatic N) is 2. The van der Waals surface area contributed by atoms with Crippen molar-refractivity contribution in [2.75, 3.05) is 52.4 Å². The summed E-state index contributed by atoms with van der Waals surface area (Å²) >= 11 is 8.69. The fourth-order valence-corrected chi connectivity index (χ4v) is 3.02. The molecule has 27 heavy (non-hydrogen) atoms. The fourth-order valence-electron chi connectivity index (χ4n) is 2.69. The normalized spacial score (nSPS) is 14.8. The molecule has 0 bridgehead atoms. The molecule has 171 valence electrons. The number of hydrogen-bond donors (Lipinski definition) is 0. The zero-order valence-corrected chi connectivity index (χ0v) is 22.3. The summed E-state index contributed by atoms with van der Waals surface area (Å²) in [5.41, 5.74) is 0. The molecule has 0 aromatic carbocycles. The molecule has 0 unspecified atom stereocenters. The van der Waals surface area contributed by atoms with E-state index in [1.54, 1.807) is 0 Å². The van der Waals surface area contributed by atoms with Crippen LogP contribution in [-0.2, 0) is 23.8 Å². The van der Waals surface area contributed by atoms with Crippen LogP contribution in [0.1, 0.15) is 55.4 Å². The Hall–Kier alpha value is 1.12. The molecule has 0 aliphatic rings. The van der Waals surface area contributed by atoms with Gasteiger partial charge in [-0.15, -0.1) is 0 Å². The molecule has 0 N–H and O–H groups in total. The molecule has 0 heterocycles. The van der Waals surface area contributed by atoms with Gasteiger partial charge in [-0.3, -0.25) is 0 Å². The Morgan fingerprint density at radius 2 is 0.704 bits per heavy atom. The SMILES string of the molecule is CC[N+](CC)(CC)CC.CC[N+](CC)(CC)CC.[O]=[Mn](=[O])([Cl])([Cl])([O]Cl)[O]Cl. The van der Waals surface area contributed by atoms with Gasteiger partial charge in [-0.05, 0) is 55.4 Å². The van der Waals surface area contributed by atoms with E-state index < -0.39 is 9.43 Å². The number of hydrogen-bond acceptors (Lipinski definition) is 4. The molecular weight excluding hydrogens is 481 g/mol. The first-order chi connectivity index (χ1) is 12.1. The second-order valence-electron chi connectivity index (χ2n) is 6.23. The van der Waals surface area contributed by atoms with Crippen LogP contribution in [0, 0.1) is 0 Å². The summed E-state index contributed by atoms with van der Waals surface area (Å²) in [5.74, 6) is 0. The van der Waals surface area contributed by atoms with Crippen LogP contribution in [0.3, 0.4) is 0 Å². The quantitative estimate of drug-likeness (QED) is 0.256. The van der Waals surface area contributed by atoms with Crippen LogP contribution in [0.25, 0.3) is 0 Å². The first-order valence-electron chi connectivity index (χ1n) is 9.40. The molecule has 0 saturated carbocycles. The molecule has 0 aliphatic heterocycles. The van der Waals surface area contributed by atoms with E-state index in [4.69, 9.17) is 0 Å². The third kappa shape index (κ3) is 13.9. The Labute approximate surface area is 183 Å². The predicted octanol–water partition coefficient (Wildman–Crippen LogP) is 6.15. The molecule has 0 atom stereocenters. The summed E-state index contributed by atoms with van der Waals surface area (Å²) in [6, 6.07) is 0. The Kier molecular flexibility index (Phi) is 15.5. The van der Waals surface area contributed by atoms with E-state index in [1.807, 2.05) is 0 Å². The summed E-state index contributed by atoms with van der Waals surface area (Å²) < 4.78 is 29.7. The number of rotatable bonds is 10. The van der Waals surface area contributed by atoms with Crippen LogP contribution in [0.2, 0.25) is 0 Å². The maximum absolute atomic E-state index is 10.4. The van der Waals surface area contributed by atoms with Gasteiger partial charge in [0.05, 0.1) is 52.4 Å². The number of halogens is 4. The molecule has 0 saturated heterocycles. The van der Waals surface area contributed by atoms with Gasteiger partial charge in [0.15, 0.2) is 0 Å². The van der Waals surface area contributed by atoms with Gasteiger partial charge in [0.1, 0.15) is 0 Å². The van der Waals surface area contributed by atoms with Crippen LogP contribution < -0.4 is 0 Å². The summed E-state index contributed by atoms with van der Waals surface area (Å²) in [5, 5.41) is 0. The fraction of sp³-hybridized carbons (Fsp3) is 1.00. The summed E-state index contributed by atoms with van der Waals surface area (Å²) in [6.07, 6.45) is 0. The zero-order valence-electron chi connectivity index (χ0n) is 18.1. The topological polar surface area (TPSA) is 52.6 Å². The van der Waals surface area contributed by atoms with Gasteiger partial charge in [0.25, 0.3) is 0 Å². The third-order valence-corrected chi connectivity index (χ3v) is 10.4. The predicted molar refractivity (Wildman–Crippen MR) is 112 cm³/mol. The summed E-state index contributed by atoms with van der Waals surface area (Å²) in [7, 11) is 2.06. The van der Waals surface area contributed by atoms with Gasteiger partial charge in [-0.1, -0.05) is 0 Å². The molecule has 6 nitrogen and oxygen atoms in total. The van der Waals surface area contributed by atoms with Crippen molar-refractivity contribution >= 4 is 43.9 Å². The standard InChI is InChI=1S/2C8H20N.2ClO.2ClH.Mn.2O/c2*1-5-9(6-2,7-3)8-4;2*1-2;;;;;/h2*5-8H2,1-4H3;;;2*1H;;;/q2*+1;2*-1;;;+4;;/p-2.